The van der Waals surface area contributed by atoms with Crippen molar-refractivity contribution in [1.82, 2.24) is 19.5 Å². The van der Waals surface area contributed by atoms with E-state index in [0.29, 0.717) is 17.5 Å². The van der Waals surface area contributed by atoms with Crippen LogP contribution in [0.2, 0.25) is 0 Å². The Labute approximate surface area is 392 Å². The van der Waals surface area contributed by atoms with Crippen LogP contribution in [0.25, 0.3) is 133 Å². The molecule has 0 aliphatic heterocycles. The minimum atomic E-state index is 0.589. The van der Waals surface area contributed by atoms with Crippen molar-refractivity contribution in [3.8, 4) is 62.1 Å². The van der Waals surface area contributed by atoms with Gasteiger partial charge in [-0.1, -0.05) is 158 Å². The number of aryl methyl sites for hydroxylation is 1. The van der Waals surface area contributed by atoms with Crippen LogP contribution < -0.4 is 0 Å². The predicted molar refractivity (Wildman–Crippen MR) is 281 cm³/mol. The number of hydrogen-bond acceptors (Lipinski definition) is 4. The molecule has 0 fully saturated rings. The van der Waals surface area contributed by atoms with E-state index in [2.05, 4.69) is 181 Å². The molecule has 3 heterocycles. The van der Waals surface area contributed by atoms with Gasteiger partial charge >= 0.3 is 0 Å². The summed E-state index contributed by atoms with van der Waals surface area (Å²) in [5, 5.41) is 9.14. The van der Waals surface area contributed by atoms with Gasteiger partial charge in [-0.3, -0.25) is 0 Å². The summed E-state index contributed by atoms with van der Waals surface area (Å²) in [5.41, 5.74) is 14.9. The number of hydrogen-bond donors (Lipinski definition) is 0. The molecule has 0 radical (unpaired) electrons. The smallest absolute Gasteiger partial charge is 0.164 e. The van der Waals surface area contributed by atoms with Crippen LogP contribution >= 0.6 is 0 Å². The van der Waals surface area contributed by atoms with E-state index in [-0.39, 0.29) is 0 Å². The second-order valence-electron chi connectivity index (χ2n) is 17.9. The van der Waals surface area contributed by atoms with Crippen molar-refractivity contribution in [3.63, 3.8) is 0 Å². The number of allylic oxidation sites excluding steroid dienone is 1. The summed E-state index contributed by atoms with van der Waals surface area (Å²) in [7, 11) is 0. The van der Waals surface area contributed by atoms with E-state index < -0.39 is 0 Å². The van der Waals surface area contributed by atoms with Crippen LogP contribution in [-0.2, 0) is 6.42 Å². The Morgan fingerprint density at radius 1 is 0.382 bits per heavy atom. The zero-order chi connectivity index (χ0) is 44.7. The Balaban J connectivity index is 1.12. The molecule has 13 aromatic rings. The second kappa shape index (κ2) is 15.3. The van der Waals surface area contributed by atoms with Gasteiger partial charge in [0.25, 0.3) is 0 Å². The highest BCUT2D eigenvalue weighted by molar-refractivity contribution is 6.17. The Morgan fingerprint density at radius 2 is 1.00 bits per heavy atom. The van der Waals surface area contributed by atoms with E-state index >= 15 is 0 Å². The van der Waals surface area contributed by atoms with Crippen molar-refractivity contribution < 1.29 is 4.42 Å². The molecule has 1 aliphatic carbocycles. The Bertz CT molecular complexity index is 4190. The highest BCUT2D eigenvalue weighted by Gasteiger charge is 2.25. The molecule has 68 heavy (non-hydrogen) atoms. The minimum absolute atomic E-state index is 0.589. The lowest BCUT2D eigenvalue weighted by Gasteiger charge is -2.21. The van der Waals surface area contributed by atoms with E-state index in [1.165, 1.54) is 43.7 Å². The van der Waals surface area contributed by atoms with Crippen molar-refractivity contribution >= 4 is 71.4 Å². The maximum atomic E-state index is 6.27. The fraction of sp³-hybridized carbons (Fsp3) is 0.0317. The topological polar surface area (TPSA) is 56.7 Å². The lowest BCUT2D eigenvalue weighted by Crippen LogP contribution is -2.04. The van der Waals surface area contributed by atoms with Crippen LogP contribution in [0.15, 0.2) is 217 Å². The SMILES string of the molecule is C1=Cc2cc3c(cc2CC1)c1cc2ccccc2cc1n3-c1c(-c2ccccc2)cc(-c2nc(-c3ccccc3)nc(-c3ccc4oc5ccccc5c4c3)n2)c2cc(-c3ccccc3)ccc12. The molecule has 0 bridgehead atoms. The number of fused-ring (bicyclic) bond motifs is 9. The number of para-hydroxylation sites is 1. The van der Waals surface area contributed by atoms with E-state index in [0.717, 1.165) is 90.2 Å². The summed E-state index contributed by atoms with van der Waals surface area (Å²) < 4.78 is 8.80. The molecule has 14 rings (SSSR count). The Hall–Kier alpha value is -8.93. The summed E-state index contributed by atoms with van der Waals surface area (Å²) in [6.45, 7) is 0. The van der Waals surface area contributed by atoms with E-state index in [1.54, 1.807) is 0 Å². The molecule has 0 saturated heterocycles. The van der Waals surface area contributed by atoms with Gasteiger partial charge in [0.05, 0.1) is 16.7 Å². The highest BCUT2D eigenvalue weighted by atomic mass is 16.3. The van der Waals surface area contributed by atoms with E-state index in [9.17, 15) is 0 Å². The zero-order valence-corrected chi connectivity index (χ0v) is 36.9. The fourth-order valence-electron chi connectivity index (χ4n) is 10.6. The number of aromatic nitrogens is 4. The first-order valence-electron chi connectivity index (χ1n) is 23.3. The van der Waals surface area contributed by atoms with Crippen molar-refractivity contribution in [2.45, 2.75) is 12.8 Å². The maximum Gasteiger partial charge on any atom is 0.164 e. The van der Waals surface area contributed by atoms with Gasteiger partial charge in [0, 0.05) is 49.2 Å². The van der Waals surface area contributed by atoms with Gasteiger partial charge in [0.2, 0.25) is 0 Å². The molecule has 5 nitrogen and oxygen atoms in total. The zero-order valence-electron chi connectivity index (χ0n) is 36.9. The molecule has 0 spiro atoms. The maximum absolute atomic E-state index is 6.27. The van der Waals surface area contributed by atoms with Gasteiger partial charge in [-0.25, -0.2) is 15.0 Å². The molecule has 0 unspecified atom stereocenters. The van der Waals surface area contributed by atoms with Gasteiger partial charge in [-0.15, -0.1) is 0 Å². The molecule has 318 valence electrons. The predicted octanol–water partition coefficient (Wildman–Crippen LogP) is 16.5. The average molecular weight is 869 g/mol. The number of furan rings is 1. The summed E-state index contributed by atoms with van der Waals surface area (Å²) in [6, 6.07) is 73.7. The van der Waals surface area contributed by atoms with Crippen LogP contribution in [0.4, 0.5) is 0 Å². The quantitative estimate of drug-likeness (QED) is 0.167. The number of benzene rings is 10. The molecule has 0 N–H and O–H groups in total. The molecule has 0 saturated carbocycles. The van der Waals surface area contributed by atoms with Gasteiger partial charge in [-0.05, 0) is 117 Å². The van der Waals surface area contributed by atoms with Gasteiger partial charge in [0.15, 0.2) is 17.5 Å². The third-order valence-electron chi connectivity index (χ3n) is 13.8. The van der Waals surface area contributed by atoms with Crippen LogP contribution in [0.3, 0.4) is 0 Å². The number of rotatable bonds is 6. The summed E-state index contributed by atoms with van der Waals surface area (Å²) in [5.74, 6) is 1.79. The van der Waals surface area contributed by atoms with Gasteiger partial charge in [-0.2, -0.15) is 0 Å². The molecule has 1 aliphatic rings. The van der Waals surface area contributed by atoms with Crippen LogP contribution in [0.1, 0.15) is 17.5 Å². The lowest BCUT2D eigenvalue weighted by atomic mass is 9.91. The van der Waals surface area contributed by atoms with Crippen LogP contribution in [-0.4, -0.2) is 19.5 Å². The minimum Gasteiger partial charge on any atom is -0.456 e. The first-order chi connectivity index (χ1) is 33.7. The first-order valence-corrected chi connectivity index (χ1v) is 23.3. The van der Waals surface area contributed by atoms with Gasteiger partial charge in [0.1, 0.15) is 11.2 Å². The Kier molecular flexibility index (Phi) is 8.65. The standard InChI is InChI=1S/C63H40N4O/c1-4-16-39(17-5-1)46-28-30-49-51(32-46)55(63-65-61(41-20-8-3-9-21-41)64-62(66-63)47-29-31-59-54(35-47)48-26-14-15-27-58(48)68-59)38-50(40-18-6-2-7-19-40)60(49)67-56-36-44-24-12-10-22-42(44)33-52(56)53-34-43-23-11-13-25-45(43)37-57(53)67/h1-10,12-22,24-38H,11,23H2. The normalized spacial score (nSPS) is 12.5. The summed E-state index contributed by atoms with van der Waals surface area (Å²) >= 11 is 0. The second-order valence-corrected chi connectivity index (χ2v) is 17.9. The average Bonchev–Trinajstić information content (AvgIpc) is 3.93. The largest absolute Gasteiger partial charge is 0.456 e. The summed E-state index contributed by atoms with van der Waals surface area (Å²) in [6.07, 6.45) is 6.69. The molecular formula is C63H40N4O. The van der Waals surface area contributed by atoms with Crippen LogP contribution in [0, 0.1) is 0 Å². The van der Waals surface area contributed by atoms with Crippen molar-refractivity contribution in [2.24, 2.45) is 0 Å². The van der Waals surface area contributed by atoms with E-state index in [4.69, 9.17) is 19.4 Å². The molecular weight excluding hydrogens is 829 g/mol. The third kappa shape index (κ3) is 6.20. The van der Waals surface area contributed by atoms with E-state index in [1.807, 2.05) is 42.5 Å². The highest BCUT2D eigenvalue weighted by Crippen LogP contribution is 2.46. The molecule has 3 aromatic heterocycles. The molecule has 0 atom stereocenters. The van der Waals surface area contributed by atoms with Gasteiger partial charge < -0.3 is 8.98 Å². The van der Waals surface area contributed by atoms with Crippen LogP contribution in [0.5, 0.6) is 0 Å². The number of nitrogens with zero attached hydrogens (tertiary/aromatic N) is 4. The third-order valence-corrected chi connectivity index (χ3v) is 13.8. The lowest BCUT2D eigenvalue weighted by molar-refractivity contribution is 0.669. The summed E-state index contributed by atoms with van der Waals surface area (Å²) in [4.78, 5) is 16.1. The Morgan fingerprint density at radius 3 is 1.81 bits per heavy atom. The molecule has 0 amide bonds. The molecule has 5 heteroatoms. The van der Waals surface area contributed by atoms with Crippen molar-refractivity contribution in [2.75, 3.05) is 0 Å². The monoisotopic (exact) mass is 868 g/mol. The fourth-order valence-corrected chi connectivity index (χ4v) is 10.6. The molecule has 10 aromatic carbocycles. The van der Waals surface area contributed by atoms with Crippen molar-refractivity contribution in [3.05, 3.63) is 223 Å². The van der Waals surface area contributed by atoms with Crippen molar-refractivity contribution in [1.29, 1.82) is 0 Å². The first kappa shape index (κ1) is 38.3.